The van der Waals surface area contributed by atoms with Gasteiger partial charge in [0.05, 0.1) is 17.4 Å². The topological polar surface area (TPSA) is 125 Å². The van der Waals surface area contributed by atoms with E-state index in [1.165, 1.54) is 11.9 Å². The molecular formula is C25H28N8O3. The Morgan fingerprint density at radius 2 is 1.81 bits per heavy atom. The molecule has 1 aliphatic heterocycles. The van der Waals surface area contributed by atoms with Gasteiger partial charge in [0.1, 0.15) is 24.0 Å². The normalized spacial score (nSPS) is 18.8. The second-order valence-corrected chi connectivity index (χ2v) is 9.97. The van der Waals surface area contributed by atoms with Gasteiger partial charge in [0.25, 0.3) is 0 Å². The van der Waals surface area contributed by atoms with Gasteiger partial charge in [-0.15, -0.1) is 0 Å². The first-order chi connectivity index (χ1) is 17.3. The summed E-state index contributed by atoms with van der Waals surface area (Å²) >= 11 is 0. The first-order valence-corrected chi connectivity index (χ1v) is 12.3. The molecule has 1 atom stereocenters. The number of imide groups is 1. The van der Waals surface area contributed by atoms with Crippen LogP contribution >= 0.6 is 0 Å². The van der Waals surface area contributed by atoms with Gasteiger partial charge in [0.15, 0.2) is 5.65 Å². The monoisotopic (exact) mass is 488 g/mol. The number of anilines is 3. The minimum atomic E-state index is -0.345. The average molecular weight is 489 g/mol. The Kier molecular flexibility index (Phi) is 5.16. The lowest BCUT2D eigenvalue weighted by molar-refractivity contribution is -0.124. The number of carbonyl (C=O) groups is 3. The molecule has 3 aromatic rings. The first-order valence-electron chi connectivity index (χ1n) is 12.3. The number of nitrogens with one attached hydrogen (secondary N) is 2. The van der Waals surface area contributed by atoms with Crippen LogP contribution in [0.25, 0.3) is 5.65 Å². The average Bonchev–Trinajstić information content (AvgIpc) is 3.76. The SMILES string of the molecule is Cc1nc(NC(=O)C2CC2)cc(N[C@H](C)c2cn3cc(C4CC4)cc(N4CC(=O)N(C)C4=O)c3n2)n1. The van der Waals surface area contributed by atoms with E-state index in [2.05, 4.69) is 26.8 Å². The number of hydrogen-bond acceptors (Lipinski definition) is 7. The van der Waals surface area contributed by atoms with Crippen LogP contribution in [-0.2, 0) is 9.59 Å². The molecule has 36 heavy (non-hydrogen) atoms. The third kappa shape index (κ3) is 4.14. The number of rotatable bonds is 7. The molecule has 0 spiro atoms. The fraction of sp³-hybridized carbons (Fsp3) is 0.440. The summed E-state index contributed by atoms with van der Waals surface area (Å²) in [5.41, 5.74) is 3.16. The number of nitrogens with zero attached hydrogens (tertiary/aromatic N) is 6. The molecule has 3 aromatic heterocycles. The van der Waals surface area contributed by atoms with E-state index in [1.54, 1.807) is 13.0 Å². The minimum Gasteiger partial charge on any atom is -0.362 e. The smallest absolute Gasteiger partial charge is 0.331 e. The maximum absolute atomic E-state index is 12.8. The maximum Gasteiger partial charge on any atom is 0.331 e. The summed E-state index contributed by atoms with van der Waals surface area (Å²) in [5.74, 6) is 1.91. The molecule has 11 nitrogen and oxygen atoms in total. The quantitative estimate of drug-likeness (QED) is 0.489. The van der Waals surface area contributed by atoms with Crippen LogP contribution in [-0.4, -0.2) is 55.7 Å². The molecule has 0 aromatic carbocycles. The summed E-state index contributed by atoms with van der Waals surface area (Å²) in [4.78, 5) is 53.4. The van der Waals surface area contributed by atoms with Crippen LogP contribution in [0.4, 0.5) is 22.1 Å². The molecule has 11 heteroatoms. The van der Waals surface area contributed by atoms with Gasteiger partial charge >= 0.3 is 6.03 Å². The number of imidazole rings is 1. The van der Waals surface area contributed by atoms with Crippen molar-refractivity contribution < 1.29 is 14.4 Å². The second kappa shape index (κ2) is 8.28. The van der Waals surface area contributed by atoms with Crippen LogP contribution in [0.3, 0.4) is 0 Å². The Morgan fingerprint density at radius 3 is 2.47 bits per heavy atom. The van der Waals surface area contributed by atoms with Crippen LogP contribution in [0.15, 0.2) is 24.5 Å². The third-order valence-corrected chi connectivity index (χ3v) is 6.94. The molecule has 186 valence electrons. The number of pyridine rings is 1. The van der Waals surface area contributed by atoms with Gasteiger partial charge in [0, 0.05) is 31.4 Å². The molecule has 4 amide bonds. The van der Waals surface area contributed by atoms with Gasteiger partial charge in [0.2, 0.25) is 11.8 Å². The van der Waals surface area contributed by atoms with Crippen molar-refractivity contribution in [3.63, 3.8) is 0 Å². The Bertz CT molecular complexity index is 1410. The van der Waals surface area contributed by atoms with Gasteiger partial charge in [-0.05, 0) is 57.1 Å². The molecule has 3 aliphatic rings. The fourth-order valence-electron chi connectivity index (χ4n) is 4.53. The molecule has 6 rings (SSSR count). The van der Waals surface area contributed by atoms with Crippen molar-refractivity contribution in [2.75, 3.05) is 29.1 Å². The predicted octanol–water partition coefficient (Wildman–Crippen LogP) is 3.23. The number of urea groups is 1. The van der Waals surface area contributed by atoms with E-state index < -0.39 is 0 Å². The van der Waals surface area contributed by atoms with E-state index in [-0.39, 0.29) is 36.3 Å². The fourth-order valence-corrected chi connectivity index (χ4v) is 4.53. The third-order valence-electron chi connectivity index (χ3n) is 6.94. The van der Waals surface area contributed by atoms with Gasteiger partial charge in [-0.2, -0.15) is 0 Å². The van der Waals surface area contributed by atoms with E-state index >= 15 is 0 Å². The Labute approximate surface area is 207 Å². The highest BCUT2D eigenvalue weighted by molar-refractivity contribution is 6.13. The number of carbonyl (C=O) groups excluding carboxylic acids is 3. The zero-order chi connectivity index (χ0) is 25.1. The van der Waals surface area contributed by atoms with Gasteiger partial charge in [-0.1, -0.05) is 0 Å². The molecule has 0 bridgehead atoms. The van der Waals surface area contributed by atoms with E-state index in [9.17, 15) is 14.4 Å². The Balaban J connectivity index is 1.30. The van der Waals surface area contributed by atoms with Crippen LogP contribution < -0.4 is 15.5 Å². The van der Waals surface area contributed by atoms with Crippen molar-refractivity contribution in [3.05, 3.63) is 41.6 Å². The van der Waals surface area contributed by atoms with Gasteiger partial charge in [-0.3, -0.25) is 19.4 Å². The molecule has 2 aliphatic carbocycles. The number of aromatic nitrogens is 4. The van der Waals surface area contributed by atoms with Crippen molar-refractivity contribution in [1.82, 2.24) is 24.3 Å². The van der Waals surface area contributed by atoms with Crippen molar-refractivity contribution >= 4 is 40.8 Å². The number of fused-ring (bicyclic) bond motifs is 1. The van der Waals surface area contributed by atoms with E-state index in [1.807, 2.05) is 23.6 Å². The molecule has 2 N–H and O–H groups in total. The summed E-state index contributed by atoms with van der Waals surface area (Å²) in [7, 11) is 1.50. The van der Waals surface area contributed by atoms with Gasteiger partial charge < -0.3 is 15.0 Å². The molecular weight excluding hydrogens is 460 g/mol. The lowest BCUT2D eigenvalue weighted by Crippen LogP contribution is -2.30. The molecule has 2 saturated carbocycles. The number of amides is 4. The number of likely N-dealkylation sites (N-methyl/N-ethyl adjacent to an activating group) is 1. The van der Waals surface area contributed by atoms with Crippen LogP contribution in [0.1, 0.15) is 61.6 Å². The summed E-state index contributed by atoms with van der Waals surface area (Å²) in [5, 5.41) is 6.23. The van der Waals surface area contributed by atoms with Crippen molar-refractivity contribution in [3.8, 4) is 0 Å². The lowest BCUT2D eigenvalue weighted by Gasteiger charge is -2.17. The number of aryl methyl sites for hydroxylation is 1. The molecule has 1 saturated heterocycles. The van der Waals surface area contributed by atoms with E-state index in [0.717, 1.165) is 41.8 Å². The molecule has 0 radical (unpaired) electrons. The standard InChI is InChI=1S/C25H28N8O3/c1-13(26-20-9-21(28-14(2)27-20)30-24(35)16-6-7-16)18-11-32-10-17(15-4-5-15)8-19(23(32)29-18)33-12-22(34)31(3)25(33)36/h8-11,13,15-16H,4-7,12H2,1-3H3,(H2,26,27,28,30,35)/t13-/m1/s1. The highest BCUT2D eigenvalue weighted by atomic mass is 16.2. The van der Waals surface area contributed by atoms with Crippen molar-refractivity contribution in [1.29, 1.82) is 0 Å². The van der Waals surface area contributed by atoms with Crippen LogP contribution in [0.5, 0.6) is 0 Å². The van der Waals surface area contributed by atoms with E-state index in [0.29, 0.717) is 34.7 Å². The first kappa shape index (κ1) is 22.4. The van der Waals surface area contributed by atoms with Crippen LogP contribution in [0, 0.1) is 12.8 Å². The second-order valence-electron chi connectivity index (χ2n) is 9.97. The number of hydrogen-bond donors (Lipinski definition) is 2. The van der Waals surface area contributed by atoms with Crippen molar-refractivity contribution in [2.24, 2.45) is 5.92 Å². The summed E-state index contributed by atoms with van der Waals surface area (Å²) < 4.78 is 1.94. The predicted molar refractivity (Wildman–Crippen MR) is 133 cm³/mol. The summed E-state index contributed by atoms with van der Waals surface area (Å²) in [6, 6.07) is 3.15. The van der Waals surface area contributed by atoms with E-state index in [4.69, 9.17) is 4.98 Å². The zero-order valence-corrected chi connectivity index (χ0v) is 20.5. The highest BCUT2D eigenvalue weighted by Crippen LogP contribution is 2.42. The Hall–Kier alpha value is -4.02. The van der Waals surface area contributed by atoms with Gasteiger partial charge in [-0.25, -0.2) is 19.7 Å². The Morgan fingerprint density at radius 1 is 1.06 bits per heavy atom. The van der Waals surface area contributed by atoms with Crippen LogP contribution in [0.2, 0.25) is 0 Å². The molecule has 0 unspecified atom stereocenters. The maximum atomic E-state index is 12.8. The summed E-state index contributed by atoms with van der Waals surface area (Å²) in [6.07, 6.45) is 8.08. The largest absolute Gasteiger partial charge is 0.362 e. The molecule has 4 heterocycles. The highest BCUT2D eigenvalue weighted by Gasteiger charge is 2.37. The van der Waals surface area contributed by atoms with Crippen molar-refractivity contribution in [2.45, 2.75) is 51.5 Å². The minimum absolute atomic E-state index is 0.00464. The molecule has 3 fully saturated rings. The summed E-state index contributed by atoms with van der Waals surface area (Å²) in [6.45, 7) is 3.76. The lowest BCUT2D eigenvalue weighted by atomic mass is 10.1. The zero-order valence-electron chi connectivity index (χ0n) is 20.5.